The second kappa shape index (κ2) is 5.67. The van der Waals surface area contributed by atoms with Crippen molar-refractivity contribution < 1.29 is 26.4 Å². The van der Waals surface area contributed by atoms with Crippen molar-refractivity contribution in [3.63, 3.8) is 0 Å². The molecule has 2 rings (SSSR count). The molecule has 0 fully saturated rings. The molecule has 10 heteroatoms. The van der Waals surface area contributed by atoms with Gasteiger partial charge in [0.25, 0.3) is 0 Å². The summed E-state index contributed by atoms with van der Waals surface area (Å²) in [6.07, 6.45) is -6.17. The Balaban J connectivity index is 2.03. The van der Waals surface area contributed by atoms with E-state index in [1.54, 1.807) is 24.3 Å². The first kappa shape index (κ1) is 16.4. The molecule has 1 N–H and O–H groups in total. The number of carbonyl (C=O) groups excluding carboxylic acids is 1. The molecule has 0 saturated carbocycles. The Morgan fingerprint density at radius 1 is 1.23 bits per heavy atom. The van der Waals surface area contributed by atoms with Gasteiger partial charge in [-0.25, -0.2) is 4.31 Å². The number of para-hydroxylation sites is 2. The maximum absolute atomic E-state index is 12.2. The fraction of sp³-hybridized carbons (Fsp3) is 0.417. The summed E-state index contributed by atoms with van der Waals surface area (Å²) >= 11 is 0. The fourth-order valence-electron chi connectivity index (χ4n) is 2.11. The predicted octanol–water partition coefficient (Wildman–Crippen LogP) is 1.26. The van der Waals surface area contributed by atoms with Crippen molar-refractivity contribution in [1.29, 1.82) is 0 Å². The molecular weight excluding hydrogens is 323 g/mol. The molecule has 122 valence electrons. The van der Waals surface area contributed by atoms with Crippen molar-refractivity contribution in [2.24, 2.45) is 0 Å². The normalized spacial score (nSPS) is 16.5. The van der Waals surface area contributed by atoms with Crippen molar-refractivity contribution in [3.8, 4) is 0 Å². The molecule has 1 aliphatic heterocycles. The summed E-state index contributed by atoms with van der Waals surface area (Å²) in [5, 5.41) is 2.07. The van der Waals surface area contributed by atoms with Gasteiger partial charge in [0, 0.05) is 13.6 Å². The Kier molecular flexibility index (Phi) is 4.23. The number of nitrogens with one attached hydrogen (secondary N) is 1. The number of alkyl halides is 3. The van der Waals surface area contributed by atoms with Gasteiger partial charge in [-0.05, 0) is 12.1 Å². The van der Waals surface area contributed by atoms with Crippen molar-refractivity contribution in [2.75, 3.05) is 28.7 Å². The molecule has 1 aromatic rings. The van der Waals surface area contributed by atoms with E-state index in [0.29, 0.717) is 11.4 Å². The van der Waals surface area contributed by atoms with Gasteiger partial charge in [0.05, 0.1) is 17.9 Å². The number of hydrogen-bond donors (Lipinski definition) is 1. The lowest BCUT2D eigenvalue weighted by molar-refractivity contribution is -0.153. The predicted molar refractivity (Wildman–Crippen MR) is 74.8 cm³/mol. The largest absolute Gasteiger partial charge is 0.397 e. The number of carbonyl (C=O) groups is 1. The van der Waals surface area contributed by atoms with Crippen LogP contribution in [-0.2, 0) is 15.0 Å². The third-order valence-electron chi connectivity index (χ3n) is 3.11. The zero-order valence-corrected chi connectivity index (χ0v) is 12.4. The Morgan fingerprint density at radius 2 is 1.82 bits per heavy atom. The molecule has 1 aliphatic rings. The first-order chi connectivity index (χ1) is 10.1. The lowest BCUT2D eigenvalue weighted by atomic mass is 10.2. The van der Waals surface area contributed by atoms with Crippen LogP contribution in [0.5, 0.6) is 0 Å². The van der Waals surface area contributed by atoms with Crippen molar-refractivity contribution in [2.45, 2.75) is 12.6 Å². The van der Waals surface area contributed by atoms with Gasteiger partial charge in [-0.2, -0.15) is 21.6 Å². The molecule has 22 heavy (non-hydrogen) atoms. The van der Waals surface area contributed by atoms with Gasteiger partial charge in [0.15, 0.2) is 0 Å². The molecule has 1 amide bonds. The highest BCUT2D eigenvalue weighted by molar-refractivity contribution is 7.94. The minimum atomic E-state index is -4.59. The maximum atomic E-state index is 12.2. The van der Waals surface area contributed by atoms with Crippen LogP contribution in [0.25, 0.3) is 0 Å². The zero-order chi connectivity index (χ0) is 16.5. The standard InChI is InChI=1S/C12H14F3N3O3S/c1-17-9-4-2-3-5-10(9)18(22(17,20)21)7-6-16-11(19)8-12(13,14)15/h2-5H,6-8H2,1H3,(H,16,19). The minimum absolute atomic E-state index is 0.146. The summed E-state index contributed by atoms with van der Waals surface area (Å²) in [4.78, 5) is 11.1. The average molecular weight is 337 g/mol. The van der Waals surface area contributed by atoms with E-state index in [1.807, 2.05) is 0 Å². The summed E-state index contributed by atoms with van der Waals surface area (Å²) in [7, 11) is -2.38. The summed E-state index contributed by atoms with van der Waals surface area (Å²) in [6, 6.07) is 6.55. The lowest BCUT2D eigenvalue weighted by Crippen LogP contribution is -2.41. The Bertz CT molecular complexity index is 676. The lowest BCUT2D eigenvalue weighted by Gasteiger charge is -2.19. The summed E-state index contributed by atoms with van der Waals surface area (Å²) < 4.78 is 62.7. The van der Waals surface area contributed by atoms with E-state index in [9.17, 15) is 26.4 Å². The number of rotatable bonds is 4. The summed E-state index contributed by atoms with van der Waals surface area (Å²) in [5.74, 6) is -1.19. The molecule has 1 heterocycles. The molecule has 0 atom stereocenters. The highest BCUT2D eigenvalue weighted by Gasteiger charge is 2.37. The van der Waals surface area contributed by atoms with E-state index < -0.39 is 28.7 Å². The maximum Gasteiger partial charge on any atom is 0.397 e. The second-order valence-electron chi connectivity index (χ2n) is 4.68. The summed E-state index contributed by atoms with van der Waals surface area (Å²) in [5.41, 5.74) is 0.902. The number of amides is 1. The van der Waals surface area contributed by atoms with Crippen molar-refractivity contribution in [3.05, 3.63) is 24.3 Å². The highest BCUT2D eigenvalue weighted by Crippen LogP contribution is 2.38. The van der Waals surface area contributed by atoms with Crippen LogP contribution in [0.4, 0.5) is 24.5 Å². The van der Waals surface area contributed by atoms with Crippen LogP contribution in [-0.4, -0.2) is 40.6 Å². The van der Waals surface area contributed by atoms with Gasteiger partial charge in [-0.15, -0.1) is 0 Å². The second-order valence-corrected chi connectivity index (χ2v) is 6.56. The number of benzene rings is 1. The molecule has 0 unspecified atom stereocenters. The molecule has 0 radical (unpaired) electrons. The van der Waals surface area contributed by atoms with E-state index in [-0.39, 0.29) is 13.1 Å². The first-order valence-electron chi connectivity index (χ1n) is 6.32. The van der Waals surface area contributed by atoms with Gasteiger partial charge in [0.2, 0.25) is 5.91 Å². The van der Waals surface area contributed by atoms with Crippen LogP contribution in [0.15, 0.2) is 24.3 Å². The first-order valence-corrected chi connectivity index (χ1v) is 7.72. The Labute approximate surface area is 125 Å². The van der Waals surface area contributed by atoms with Gasteiger partial charge in [-0.3, -0.25) is 9.10 Å². The van der Waals surface area contributed by atoms with Crippen LogP contribution < -0.4 is 13.9 Å². The van der Waals surface area contributed by atoms with Gasteiger partial charge < -0.3 is 5.32 Å². The molecular formula is C12H14F3N3O3S. The SMILES string of the molecule is CN1c2ccccc2N(CCNC(=O)CC(F)(F)F)S1(=O)=O. The number of anilines is 2. The van der Waals surface area contributed by atoms with E-state index in [2.05, 4.69) is 5.32 Å². The fourth-order valence-corrected chi connectivity index (χ4v) is 3.54. The smallest absolute Gasteiger partial charge is 0.354 e. The van der Waals surface area contributed by atoms with Crippen LogP contribution >= 0.6 is 0 Å². The third-order valence-corrected chi connectivity index (χ3v) is 4.94. The monoisotopic (exact) mass is 337 g/mol. The molecule has 0 aromatic heterocycles. The van der Waals surface area contributed by atoms with Crippen LogP contribution in [0, 0.1) is 0 Å². The van der Waals surface area contributed by atoms with Crippen LogP contribution in [0.1, 0.15) is 6.42 Å². The Morgan fingerprint density at radius 3 is 2.41 bits per heavy atom. The quantitative estimate of drug-likeness (QED) is 0.899. The van der Waals surface area contributed by atoms with Gasteiger partial charge in [0.1, 0.15) is 6.42 Å². The number of halogens is 3. The topological polar surface area (TPSA) is 69.7 Å². The third kappa shape index (κ3) is 3.26. The van der Waals surface area contributed by atoms with Crippen LogP contribution in [0.2, 0.25) is 0 Å². The van der Waals surface area contributed by atoms with Crippen molar-refractivity contribution >= 4 is 27.5 Å². The average Bonchev–Trinajstić information content (AvgIpc) is 2.58. The Hall–Kier alpha value is -1.97. The van der Waals surface area contributed by atoms with Gasteiger partial charge in [-0.1, -0.05) is 12.1 Å². The van der Waals surface area contributed by atoms with E-state index in [0.717, 1.165) is 8.61 Å². The molecule has 0 spiro atoms. The molecule has 0 aliphatic carbocycles. The molecule has 1 aromatic carbocycles. The number of hydrogen-bond acceptors (Lipinski definition) is 3. The highest BCUT2D eigenvalue weighted by atomic mass is 32.2. The number of nitrogens with zero attached hydrogens (tertiary/aromatic N) is 2. The minimum Gasteiger partial charge on any atom is -0.354 e. The zero-order valence-electron chi connectivity index (χ0n) is 11.6. The van der Waals surface area contributed by atoms with E-state index in [4.69, 9.17) is 0 Å². The van der Waals surface area contributed by atoms with Gasteiger partial charge >= 0.3 is 16.4 Å². The molecule has 0 bridgehead atoms. The van der Waals surface area contributed by atoms with Crippen molar-refractivity contribution in [1.82, 2.24) is 5.32 Å². The van der Waals surface area contributed by atoms with Crippen LogP contribution in [0.3, 0.4) is 0 Å². The molecule has 6 nitrogen and oxygen atoms in total. The summed E-state index contributed by atoms with van der Waals surface area (Å²) in [6.45, 7) is -0.358. The van der Waals surface area contributed by atoms with E-state index >= 15 is 0 Å². The van der Waals surface area contributed by atoms with E-state index in [1.165, 1.54) is 7.05 Å². The molecule has 0 saturated heterocycles. The number of fused-ring (bicyclic) bond motifs is 1.